The number of hydrogen-bond donors (Lipinski definition) is 3. The third-order valence-corrected chi connectivity index (χ3v) is 4.05. The topological polar surface area (TPSA) is 67.5 Å². The zero-order valence-electron chi connectivity index (χ0n) is 13.6. The van der Waals surface area contributed by atoms with Gasteiger partial charge in [-0.2, -0.15) is 0 Å². The van der Waals surface area contributed by atoms with Gasteiger partial charge in [0, 0.05) is 17.1 Å². The Morgan fingerprint density at radius 2 is 1.88 bits per heavy atom. The molecule has 0 saturated heterocycles. The van der Waals surface area contributed by atoms with Crippen LogP contribution in [0.25, 0.3) is 0 Å². The van der Waals surface area contributed by atoms with Crippen molar-refractivity contribution in [1.82, 2.24) is 5.32 Å². The monoisotopic (exact) mass is 454 g/mol. The van der Waals surface area contributed by atoms with Crippen LogP contribution in [0.15, 0.2) is 46.9 Å². The van der Waals surface area contributed by atoms with Gasteiger partial charge in [-0.15, -0.1) is 24.8 Å². The lowest BCUT2D eigenvalue weighted by molar-refractivity contribution is 0.163. The Balaban J connectivity index is 0.00000288. The summed E-state index contributed by atoms with van der Waals surface area (Å²) in [6.45, 7) is 2.71. The minimum absolute atomic E-state index is 0. The molecule has 2 aromatic carbocycles. The van der Waals surface area contributed by atoms with E-state index in [0.29, 0.717) is 16.6 Å². The summed E-state index contributed by atoms with van der Waals surface area (Å²) in [6, 6.07) is 12.4. The lowest BCUT2D eigenvalue weighted by Crippen LogP contribution is -2.34. The van der Waals surface area contributed by atoms with Gasteiger partial charge in [-0.1, -0.05) is 18.2 Å². The molecule has 0 heterocycles. The highest BCUT2D eigenvalue weighted by Gasteiger charge is 2.14. The predicted molar refractivity (Wildman–Crippen MR) is 107 cm³/mol. The summed E-state index contributed by atoms with van der Waals surface area (Å²) in [4.78, 5) is 0. The average molecular weight is 456 g/mol. The van der Waals surface area contributed by atoms with E-state index in [1.165, 1.54) is 6.07 Å². The van der Waals surface area contributed by atoms with Crippen LogP contribution in [-0.4, -0.2) is 24.3 Å². The maximum atomic E-state index is 13.6. The van der Waals surface area contributed by atoms with E-state index in [1.807, 2.05) is 37.3 Å². The lowest BCUT2D eigenvalue weighted by atomic mass is 10.1. The van der Waals surface area contributed by atoms with Crippen molar-refractivity contribution in [1.29, 1.82) is 0 Å². The van der Waals surface area contributed by atoms with Crippen LogP contribution >= 0.6 is 40.7 Å². The van der Waals surface area contributed by atoms with Crippen LogP contribution in [0.5, 0.6) is 5.75 Å². The summed E-state index contributed by atoms with van der Waals surface area (Å²) in [5.41, 5.74) is 6.04. The number of para-hydroxylation sites is 1. The van der Waals surface area contributed by atoms with Gasteiger partial charge in [0.15, 0.2) is 0 Å². The van der Waals surface area contributed by atoms with E-state index in [4.69, 9.17) is 10.5 Å². The van der Waals surface area contributed by atoms with Gasteiger partial charge in [0.25, 0.3) is 0 Å². The van der Waals surface area contributed by atoms with E-state index in [-0.39, 0.29) is 43.1 Å². The number of nitrogens with one attached hydrogen (secondary N) is 1. The van der Waals surface area contributed by atoms with E-state index >= 15 is 0 Å². The second-order valence-electron chi connectivity index (χ2n) is 5.35. The third kappa shape index (κ3) is 7.38. The van der Waals surface area contributed by atoms with E-state index in [0.717, 1.165) is 5.75 Å². The molecule has 4 nitrogen and oxygen atoms in total. The van der Waals surface area contributed by atoms with Crippen molar-refractivity contribution in [3.8, 4) is 5.75 Å². The number of ether oxygens (including phenoxy) is 1. The second kappa shape index (κ2) is 11.5. The molecule has 8 heteroatoms. The Labute approximate surface area is 167 Å². The first kappa shape index (κ1) is 23.9. The molecule has 2 rings (SSSR count). The largest absolute Gasteiger partial charge is 0.492 e. The predicted octanol–water partition coefficient (Wildman–Crippen LogP) is 4.10. The highest BCUT2D eigenvalue weighted by Crippen LogP contribution is 2.27. The SMILES string of the molecule is CC(COc1ccccc1)NCC(O)c1cc(F)c(N)c(Br)c1.Cl.Cl. The summed E-state index contributed by atoms with van der Waals surface area (Å²) in [5, 5.41) is 13.3. The number of benzene rings is 2. The van der Waals surface area contributed by atoms with Gasteiger partial charge in [0.2, 0.25) is 0 Å². The van der Waals surface area contributed by atoms with E-state index in [2.05, 4.69) is 21.2 Å². The number of anilines is 1. The summed E-state index contributed by atoms with van der Waals surface area (Å²) >= 11 is 3.18. The second-order valence-corrected chi connectivity index (χ2v) is 6.20. The molecule has 0 aromatic heterocycles. The quantitative estimate of drug-likeness (QED) is 0.549. The molecule has 0 spiro atoms. The Morgan fingerprint density at radius 1 is 1.24 bits per heavy atom. The number of halogens is 4. The minimum atomic E-state index is -0.833. The van der Waals surface area contributed by atoms with Crippen molar-refractivity contribution in [3.05, 3.63) is 58.3 Å². The number of nitrogens with two attached hydrogens (primary N) is 1. The normalized spacial score (nSPS) is 12.5. The van der Waals surface area contributed by atoms with Gasteiger partial charge in [-0.05, 0) is 52.7 Å². The van der Waals surface area contributed by atoms with E-state index < -0.39 is 11.9 Å². The number of nitrogen functional groups attached to an aromatic ring is 1. The van der Waals surface area contributed by atoms with Gasteiger partial charge < -0.3 is 20.9 Å². The minimum Gasteiger partial charge on any atom is -0.492 e. The highest BCUT2D eigenvalue weighted by molar-refractivity contribution is 9.10. The molecular formula is C17H22BrCl2FN2O2. The molecule has 0 bridgehead atoms. The Morgan fingerprint density at radius 3 is 2.48 bits per heavy atom. The molecule has 140 valence electrons. The lowest BCUT2D eigenvalue weighted by Gasteiger charge is -2.18. The standard InChI is InChI=1S/C17H20BrFN2O2.2ClH/c1-11(10-23-13-5-3-2-4-6-13)21-9-16(22)12-7-14(18)17(20)15(19)8-12;;/h2-8,11,16,21-22H,9-10,20H2,1H3;2*1H. The molecule has 0 saturated carbocycles. The molecule has 2 aromatic rings. The molecule has 0 aliphatic rings. The fourth-order valence-corrected chi connectivity index (χ4v) is 2.48. The summed E-state index contributed by atoms with van der Waals surface area (Å²) in [7, 11) is 0. The maximum Gasteiger partial charge on any atom is 0.147 e. The number of hydrogen-bond acceptors (Lipinski definition) is 4. The van der Waals surface area contributed by atoms with Crippen LogP contribution in [0.3, 0.4) is 0 Å². The van der Waals surface area contributed by atoms with E-state index in [1.54, 1.807) is 6.07 Å². The zero-order chi connectivity index (χ0) is 16.8. The van der Waals surface area contributed by atoms with Gasteiger partial charge in [0.05, 0.1) is 11.8 Å². The van der Waals surface area contributed by atoms with Crippen molar-refractivity contribution in [2.45, 2.75) is 19.1 Å². The fraction of sp³-hybridized carbons (Fsp3) is 0.294. The summed E-state index contributed by atoms with van der Waals surface area (Å²) in [6.07, 6.45) is -0.833. The van der Waals surface area contributed by atoms with Crippen LogP contribution in [0.4, 0.5) is 10.1 Å². The molecule has 25 heavy (non-hydrogen) atoms. The number of aliphatic hydroxyl groups excluding tert-OH is 1. The van der Waals surface area contributed by atoms with Crippen molar-refractivity contribution in [2.24, 2.45) is 0 Å². The van der Waals surface area contributed by atoms with E-state index in [9.17, 15) is 9.50 Å². The first-order valence-corrected chi connectivity index (χ1v) is 8.10. The van der Waals surface area contributed by atoms with Crippen LogP contribution in [0.2, 0.25) is 0 Å². The molecule has 2 unspecified atom stereocenters. The molecule has 0 aliphatic heterocycles. The van der Waals surface area contributed by atoms with Crippen LogP contribution in [0, 0.1) is 5.82 Å². The average Bonchev–Trinajstić information content (AvgIpc) is 2.56. The zero-order valence-corrected chi connectivity index (χ0v) is 16.8. The van der Waals surface area contributed by atoms with Crippen molar-refractivity contribution >= 4 is 46.4 Å². The Kier molecular flexibility index (Phi) is 11.1. The van der Waals surface area contributed by atoms with Crippen LogP contribution < -0.4 is 15.8 Å². The molecule has 0 aliphatic carbocycles. The van der Waals surface area contributed by atoms with Crippen molar-refractivity contribution in [3.63, 3.8) is 0 Å². The Bertz CT molecular complexity index is 627. The first-order valence-electron chi connectivity index (χ1n) is 7.31. The first-order chi connectivity index (χ1) is 11.0. The smallest absolute Gasteiger partial charge is 0.147 e. The summed E-state index contributed by atoms with van der Waals surface area (Å²) < 4.78 is 19.7. The molecule has 0 radical (unpaired) electrons. The third-order valence-electron chi connectivity index (χ3n) is 3.39. The van der Waals surface area contributed by atoms with Gasteiger partial charge >= 0.3 is 0 Å². The molecule has 4 N–H and O–H groups in total. The fourth-order valence-electron chi connectivity index (χ4n) is 2.02. The Hall–Kier alpha value is -1.05. The van der Waals surface area contributed by atoms with Gasteiger partial charge in [0.1, 0.15) is 18.2 Å². The summed E-state index contributed by atoms with van der Waals surface area (Å²) in [5.74, 6) is 0.250. The maximum absolute atomic E-state index is 13.6. The van der Waals surface area contributed by atoms with Crippen molar-refractivity contribution < 1.29 is 14.2 Å². The number of aliphatic hydroxyl groups is 1. The van der Waals surface area contributed by atoms with Gasteiger partial charge in [-0.25, -0.2) is 4.39 Å². The number of rotatable bonds is 7. The van der Waals surface area contributed by atoms with Crippen LogP contribution in [0.1, 0.15) is 18.6 Å². The molecule has 0 amide bonds. The van der Waals surface area contributed by atoms with Crippen LogP contribution in [-0.2, 0) is 0 Å². The van der Waals surface area contributed by atoms with Crippen molar-refractivity contribution in [2.75, 3.05) is 18.9 Å². The molecule has 0 fully saturated rings. The van der Waals surface area contributed by atoms with Gasteiger partial charge in [-0.3, -0.25) is 0 Å². The molecule has 2 atom stereocenters. The molecular weight excluding hydrogens is 434 g/mol. The highest BCUT2D eigenvalue weighted by atomic mass is 79.9.